The molecule has 0 bridgehead atoms. The van der Waals surface area contributed by atoms with Gasteiger partial charge in [0.05, 0.1) is 5.69 Å². The summed E-state index contributed by atoms with van der Waals surface area (Å²) in [4.78, 5) is 4.39. The Labute approximate surface area is 111 Å². The molecule has 1 aromatic heterocycles. The summed E-state index contributed by atoms with van der Waals surface area (Å²) in [6.07, 6.45) is 1.87. The predicted molar refractivity (Wildman–Crippen MR) is 76.9 cm³/mol. The van der Waals surface area contributed by atoms with E-state index >= 15 is 0 Å². The second-order valence-electron chi connectivity index (χ2n) is 4.38. The number of fused-ring (bicyclic) bond motifs is 1. The van der Waals surface area contributed by atoms with E-state index in [1.165, 1.54) is 5.39 Å². The first-order chi connectivity index (χ1) is 9.31. The molecule has 94 valence electrons. The van der Waals surface area contributed by atoms with Crippen molar-refractivity contribution in [2.75, 3.05) is 5.73 Å². The van der Waals surface area contributed by atoms with Crippen molar-refractivity contribution in [3.63, 3.8) is 0 Å². The number of benzene rings is 2. The van der Waals surface area contributed by atoms with E-state index in [1.807, 2.05) is 48.7 Å². The van der Waals surface area contributed by atoms with Crippen LogP contribution in [0, 0.1) is 0 Å². The largest absolute Gasteiger partial charge is 0.487 e. The van der Waals surface area contributed by atoms with E-state index in [1.54, 1.807) is 6.07 Å². The summed E-state index contributed by atoms with van der Waals surface area (Å²) in [5, 5.41) is 2.30. The number of nitrogens with two attached hydrogens (primary N) is 1. The van der Waals surface area contributed by atoms with Gasteiger partial charge in [0.1, 0.15) is 12.4 Å². The molecular formula is C16H14N2O. The van der Waals surface area contributed by atoms with Crippen LogP contribution < -0.4 is 10.5 Å². The number of nitrogen functional groups attached to an aromatic ring is 1. The van der Waals surface area contributed by atoms with Crippen molar-refractivity contribution in [2.45, 2.75) is 6.61 Å². The standard InChI is InChI=1S/C16H14N2O/c17-14-6-3-7-16(9-14)19-11-15-8-12-4-1-2-5-13(12)10-18-15/h1-10H,11,17H2. The zero-order valence-corrected chi connectivity index (χ0v) is 10.4. The summed E-state index contributed by atoms with van der Waals surface area (Å²) < 4.78 is 5.68. The Morgan fingerprint density at radius 2 is 1.79 bits per heavy atom. The SMILES string of the molecule is Nc1cccc(OCc2cc3ccccc3cn2)c1. The molecular weight excluding hydrogens is 236 g/mol. The first kappa shape index (κ1) is 11.5. The molecule has 0 aliphatic heterocycles. The average molecular weight is 250 g/mol. The first-order valence-electron chi connectivity index (χ1n) is 6.13. The van der Waals surface area contributed by atoms with E-state index in [0.29, 0.717) is 12.3 Å². The Balaban J connectivity index is 1.78. The van der Waals surface area contributed by atoms with Gasteiger partial charge in [-0.05, 0) is 23.6 Å². The molecule has 0 fully saturated rings. The molecule has 0 spiro atoms. The molecule has 0 atom stereocenters. The number of ether oxygens (including phenoxy) is 1. The van der Waals surface area contributed by atoms with Gasteiger partial charge in [0, 0.05) is 23.3 Å². The lowest BCUT2D eigenvalue weighted by atomic mass is 10.1. The van der Waals surface area contributed by atoms with Gasteiger partial charge in [0.25, 0.3) is 0 Å². The zero-order chi connectivity index (χ0) is 13.1. The van der Waals surface area contributed by atoms with Crippen molar-refractivity contribution in [3.8, 4) is 5.75 Å². The molecule has 0 amide bonds. The van der Waals surface area contributed by atoms with Crippen molar-refractivity contribution in [1.82, 2.24) is 4.98 Å². The number of anilines is 1. The summed E-state index contributed by atoms with van der Waals surface area (Å²) in [5.74, 6) is 0.759. The van der Waals surface area contributed by atoms with Crippen LogP contribution >= 0.6 is 0 Å². The molecule has 0 aliphatic carbocycles. The van der Waals surface area contributed by atoms with Gasteiger partial charge in [-0.3, -0.25) is 4.98 Å². The molecule has 0 saturated carbocycles. The molecule has 3 aromatic rings. The molecule has 2 N–H and O–H groups in total. The van der Waals surface area contributed by atoms with Crippen molar-refractivity contribution >= 4 is 16.5 Å². The normalized spacial score (nSPS) is 10.5. The van der Waals surface area contributed by atoms with Crippen LogP contribution in [0.25, 0.3) is 10.8 Å². The van der Waals surface area contributed by atoms with Gasteiger partial charge < -0.3 is 10.5 Å². The second-order valence-corrected chi connectivity index (χ2v) is 4.38. The summed E-state index contributed by atoms with van der Waals surface area (Å²) >= 11 is 0. The van der Waals surface area contributed by atoms with Crippen LogP contribution in [0.3, 0.4) is 0 Å². The fourth-order valence-corrected chi connectivity index (χ4v) is 1.97. The Hall–Kier alpha value is -2.55. The van der Waals surface area contributed by atoms with Gasteiger partial charge in [-0.15, -0.1) is 0 Å². The highest BCUT2D eigenvalue weighted by molar-refractivity contribution is 5.81. The van der Waals surface area contributed by atoms with Crippen LogP contribution in [-0.2, 0) is 6.61 Å². The van der Waals surface area contributed by atoms with Crippen LogP contribution in [0.2, 0.25) is 0 Å². The number of pyridine rings is 1. The van der Waals surface area contributed by atoms with E-state index in [2.05, 4.69) is 11.1 Å². The monoisotopic (exact) mass is 250 g/mol. The Kier molecular flexibility index (Phi) is 3.02. The van der Waals surface area contributed by atoms with Gasteiger partial charge in [-0.25, -0.2) is 0 Å². The fourth-order valence-electron chi connectivity index (χ4n) is 1.97. The molecule has 1 heterocycles. The molecule has 3 nitrogen and oxygen atoms in total. The van der Waals surface area contributed by atoms with Crippen molar-refractivity contribution < 1.29 is 4.74 Å². The maximum absolute atomic E-state index is 5.71. The van der Waals surface area contributed by atoms with Gasteiger partial charge in [0.2, 0.25) is 0 Å². The highest BCUT2D eigenvalue weighted by atomic mass is 16.5. The Morgan fingerprint density at radius 1 is 0.947 bits per heavy atom. The number of hydrogen-bond donors (Lipinski definition) is 1. The molecule has 3 heteroatoms. The van der Waals surface area contributed by atoms with Gasteiger partial charge >= 0.3 is 0 Å². The maximum Gasteiger partial charge on any atom is 0.130 e. The van der Waals surface area contributed by atoms with Crippen LogP contribution in [-0.4, -0.2) is 4.98 Å². The number of aromatic nitrogens is 1. The predicted octanol–water partition coefficient (Wildman–Crippen LogP) is 3.40. The lowest BCUT2D eigenvalue weighted by molar-refractivity contribution is 0.302. The minimum atomic E-state index is 0.439. The topological polar surface area (TPSA) is 48.1 Å². The fraction of sp³-hybridized carbons (Fsp3) is 0.0625. The second kappa shape index (κ2) is 4.98. The highest BCUT2D eigenvalue weighted by Crippen LogP contribution is 2.17. The Bertz CT molecular complexity index is 710. The van der Waals surface area contributed by atoms with Crippen LogP contribution in [0.1, 0.15) is 5.69 Å². The Morgan fingerprint density at radius 3 is 2.63 bits per heavy atom. The third-order valence-electron chi connectivity index (χ3n) is 2.93. The molecule has 0 unspecified atom stereocenters. The van der Waals surface area contributed by atoms with Gasteiger partial charge in [-0.1, -0.05) is 30.3 Å². The van der Waals surface area contributed by atoms with Crippen LogP contribution in [0.15, 0.2) is 60.8 Å². The van der Waals surface area contributed by atoms with Gasteiger partial charge in [-0.2, -0.15) is 0 Å². The number of hydrogen-bond acceptors (Lipinski definition) is 3. The van der Waals surface area contributed by atoms with E-state index in [-0.39, 0.29) is 0 Å². The van der Waals surface area contributed by atoms with Crippen LogP contribution in [0.4, 0.5) is 5.69 Å². The minimum absolute atomic E-state index is 0.439. The van der Waals surface area contributed by atoms with E-state index in [9.17, 15) is 0 Å². The summed E-state index contributed by atoms with van der Waals surface area (Å²) in [7, 11) is 0. The smallest absolute Gasteiger partial charge is 0.130 e. The molecule has 2 aromatic carbocycles. The third-order valence-corrected chi connectivity index (χ3v) is 2.93. The lowest BCUT2D eigenvalue weighted by Gasteiger charge is -2.07. The van der Waals surface area contributed by atoms with Gasteiger partial charge in [0.15, 0.2) is 0 Å². The zero-order valence-electron chi connectivity index (χ0n) is 10.4. The molecule has 0 saturated heterocycles. The quantitative estimate of drug-likeness (QED) is 0.725. The van der Waals surface area contributed by atoms with Crippen molar-refractivity contribution in [3.05, 3.63) is 66.5 Å². The first-order valence-corrected chi connectivity index (χ1v) is 6.13. The molecule has 19 heavy (non-hydrogen) atoms. The molecule has 3 rings (SSSR count). The minimum Gasteiger partial charge on any atom is -0.487 e. The van der Waals surface area contributed by atoms with E-state index < -0.39 is 0 Å². The summed E-state index contributed by atoms with van der Waals surface area (Å²) in [6.45, 7) is 0.439. The summed E-state index contributed by atoms with van der Waals surface area (Å²) in [5.41, 5.74) is 7.31. The van der Waals surface area contributed by atoms with Crippen LogP contribution in [0.5, 0.6) is 5.75 Å². The molecule has 0 aliphatic rings. The number of nitrogens with zero attached hydrogens (tertiary/aromatic N) is 1. The summed E-state index contributed by atoms with van der Waals surface area (Å²) in [6, 6.07) is 17.6. The average Bonchev–Trinajstić information content (AvgIpc) is 2.45. The third kappa shape index (κ3) is 2.65. The van der Waals surface area contributed by atoms with E-state index in [0.717, 1.165) is 16.8 Å². The van der Waals surface area contributed by atoms with E-state index in [4.69, 9.17) is 10.5 Å². The molecule has 0 radical (unpaired) electrons. The van der Waals surface area contributed by atoms with Crippen molar-refractivity contribution in [1.29, 1.82) is 0 Å². The lowest BCUT2D eigenvalue weighted by Crippen LogP contribution is -1.98. The highest BCUT2D eigenvalue weighted by Gasteiger charge is 2.00. The van der Waals surface area contributed by atoms with Crippen molar-refractivity contribution in [2.24, 2.45) is 0 Å². The number of rotatable bonds is 3. The maximum atomic E-state index is 5.71.